The number of nitrogens with one attached hydrogen (secondary N) is 3. The molecule has 2 amide bonds. The van der Waals surface area contributed by atoms with Crippen LogP contribution in [0.25, 0.3) is 21.3 Å². The van der Waals surface area contributed by atoms with Crippen LogP contribution in [0.15, 0.2) is 54.2 Å². The van der Waals surface area contributed by atoms with Gasteiger partial charge in [-0.05, 0) is 48.9 Å². The number of thiazole rings is 1. The van der Waals surface area contributed by atoms with Gasteiger partial charge in [-0.3, -0.25) is 4.79 Å². The smallest absolute Gasteiger partial charge is 0.407 e. The summed E-state index contributed by atoms with van der Waals surface area (Å²) in [5.41, 5.74) is 6.84. The molecule has 3 aromatic heterocycles. The maximum absolute atomic E-state index is 13.6. The van der Waals surface area contributed by atoms with Crippen LogP contribution < -0.4 is 15.5 Å². The third-order valence-electron chi connectivity index (χ3n) is 6.57. The standard InChI is InChI=1S/C26H24N8O3S/c1-15-3-2-6-27-23(15)32-25-30-19-12-17(24(35)29-16-4-5-18-22(11-16)38-14-28-18)21(13-20(19)31-25)33-7-9-34(10-8-33)26(36)37/h2-6,11-14H,7-10H2,1H3,(H,29,35)(H,36,37)(H2,27,30,31,32). The van der Waals surface area contributed by atoms with E-state index in [1.807, 2.05) is 48.2 Å². The number of carbonyl (C=O) groups excluding carboxylic acids is 1. The van der Waals surface area contributed by atoms with E-state index in [0.717, 1.165) is 21.3 Å². The SMILES string of the molecule is Cc1cccnc1Nc1nc2cc(C(=O)Nc3ccc4ncsc4c3)c(N3CCN(C(=O)O)CC3)cc2[nH]1. The van der Waals surface area contributed by atoms with Gasteiger partial charge < -0.3 is 30.5 Å². The van der Waals surface area contributed by atoms with Crippen LogP contribution in [0.5, 0.6) is 0 Å². The molecular formula is C26H24N8O3S. The molecule has 0 atom stereocenters. The molecule has 2 aromatic carbocycles. The highest BCUT2D eigenvalue weighted by Gasteiger charge is 2.25. The van der Waals surface area contributed by atoms with Crippen LogP contribution in [0.3, 0.4) is 0 Å². The predicted octanol–water partition coefficient (Wildman–Crippen LogP) is 4.67. The van der Waals surface area contributed by atoms with Gasteiger partial charge in [-0.2, -0.15) is 0 Å². The third-order valence-corrected chi connectivity index (χ3v) is 7.36. The number of aromatic nitrogens is 4. The quantitative estimate of drug-likeness (QED) is 0.258. The summed E-state index contributed by atoms with van der Waals surface area (Å²) in [6, 6.07) is 13.1. The average molecular weight is 529 g/mol. The van der Waals surface area contributed by atoms with Gasteiger partial charge in [0.1, 0.15) is 5.82 Å². The first-order chi connectivity index (χ1) is 18.4. The van der Waals surface area contributed by atoms with Crippen molar-refractivity contribution in [1.82, 2.24) is 24.8 Å². The lowest BCUT2D eigenvalue weighted by atomic mass is 10.1. The first-order valence-electron chi connectivity index (χ1n) is 12.0. The number of hydrogen-bond donors (Lipinski definition) is 4. The Morgan fingerprint density at radius 1 is 1.05 bits per heavy atom. The highest BCUT2D eigenvalue weighted by Crippen LogP contribution is 2.30. The van der Waals surface area contributed by atoms with Crippen LogP contribution >= 0.6 is 11.3 Å². The van der Waals surface area contributed by atoms with E-state index < -0.39 is 6.09 Å². The predicted molar refractivity (Wildman–Crippen MR) is 148 cm³/mol. The van der Waals surface area contributed by atoms with Crippen molar-refractivity contribution < 1.29 is 14.7 Å². The number of benzene rings is 2. The fourth-order valence-electron chi connectivity index (χ4n) is 4.55. The lowest BCUT2D eigenvalue weighted by Crippen LogP contribution is -2.48. The number of H-pyrrole nitrogens is 1. The fourth-order valence-corrected chi connectivity index (χ4v) is 5.26. The van der Waals surface area contributed by atoms with Crippen molar-refractivity contribution >= 4 is 67.7 Å². The topological polar surface area (TPSA) is 139 Å². The summed E-state index contributed by atoms with van der Waals surface area (Å²) < 4.78 is 0.983. The number of anilines is 4. The molecule has 0 aliphatic carbocycles. The number of carbonyl (C=O) groups is 2. The van der Waals surface area contributed by atoms with E-state index in [-0.39, 0.29) is 5.91 Å². The van der Waals surface area contributed by atoms with Gasteiger partial charge in [-0.15, -0.1) is 11.3 Å². The van der Waals surface area contributed by atoms with E-state index in [1.54, 1.807) is 17.8 Å². The minimum Gasteiger partial charge on any atom is -0.465 e. The number of aromatic amines is 1. The minimum atomic E-state index is -0.939. The van der Waals surface area contributed by atoms with E-state index in [1.165, 1.54) is 16.2 Å². The Morgan fingerprint density at radius 2 is 1.89 bits per heavy atom. The van der Waals surface area contributed by atoms with Gasteiger partial charge in [0.25, 0.3) is 5.91 Å². The Labute approximate surface area is 221 Å². The number of piperazine rings is 1. The summed E-state index contributed by atoms with van der Waals surface area (Å²) in [6.07, 6.45) is 0.768. The van der Waals surface area contributed by atoms with Crippen LogP contribution in [0, 0.1) is 6.92 Å². The van der Waals surface area contributed by atoms with E-state index in [9.17, 15) is 14.7 Å². The first kappa shape index (κ1) is 23.7. The van der Waals surface area contributed by atoms with Gasteiger partial charge in [0.15, 0.2) is 0 Å². The molecule has 12 heteroatoms. The molecule has 0 radical (unpaired) electrons. The monoisotopic (exact) mass is 528 g/mol. The van der Waals surface area contributed by atoms with Crippen molar-refractivity contribution in [2.75, 3.05) is 41.7 Å². The zero-order valence-corrected chi connectivity index (χ0v) is 21.2. The number of fused-ring (bicyclic) bond motifs is 2. The number of aryl methyl sites for hydroxylation is 1. The Balaban J connectivity index is 1.35. The van der Waals surface area contributed by atoms with Crippen LogP contribution in [-0.2, 0) is 0 Å². The van der Waals surface area contributed by atoms with Crippen molar-refractivity contribution in [3.05, 3.63) is 65.3 Å². The molecule has 11 nitrogen and oxygen atoms in total. The maximum atomic E-state index is 13.6. The molecule has 4 N–H and O–H groups in total. The number of hydrogen-bond acceptors (Lipinski definition) is 8. The van der Waals surface area contributed by atoms with E-state index in [2.05, 4.69) is 30.6 Å². The van der Waals surface area contributed by atoms with Crippen molar-refractivity contribution in [3.63, 3.8) is 0 Å². The Bertz CT molecular complexity index is 1670. The molecule has 1 fully saturated rings. The molecule has 0 bridgehead atoms. The van der Waals surface area contributed by atoms with Crippen molar-refractivity contribution in [1.29, 1.82) is 0 Å². The van der Waals surface area contributed by atoms with Crippen LogP contribution in [0.2, 0.25) is 0 Å². The number of pyridine rings is 1. The molecular weight excluding hydrogens is 504 g/mol. The summed E-state index contributed by atoms with van der Waals surface area (Å²) >= 11 is 1.51. The number of imidazole rings is 1. The zero-order valence-electron chi connectivity index (χ0n) is 20.4. The number of nitrogens with zero attached hydrogens (tertiary/aromatic N) is 5. The molecule has 0 spiro atoms. The second-order valence-corrected chi connectivity index (χ2v) is 9.90. The molecule has 6 rings (SSSR count). The van der Waals surface area contributed by atoms with Crippen LogP contribution in [0.1, 0.15) is 15.9 Å². The lowest BCUT2D eigenvalue weighted by molar-refractivity contribution is 0.102. The molecule has 38 heavy (non-hydrogen) atoms. The largest absolute Gasteiger partial charge is 0.465 e. The van der Waals surface area contributed by atoms with E-state index in [0.29, 0.717) is 60.4 Å². The summed E-state index contributed by atoms with van der Waals surface area (Å²) in [6.45, 7) is 3.60. The van der Waals surface area contributed by atoms with Crippen LogP contribution in [0.4, 0.5) is 27.9 Å². The summed E-state index contributed by atoms with van der Waals surface area (Å²) in [5, 5.41) is 15.6. The van der Waals surface area contributed by atoms with E-state index in [4.69, 9.17) is 0 Å². The molecule has 0 saturated carbocycles. The summed E-state index contributed by atoms with van der Waals surface area (Å²) in [5.74, 6) is 0.925. The molecule has 192 valence electrons. The zero-order chi connectivity index (χ0) is 26.2. The molecule has 5 aromatic rings. The molecule has 1 aliphatic rings. The Morgan fingerprint density at radius 3 is 2.68 bits per heavy atom. The lowest BCUT2D eigenvalue weighted by Gasteiger charge is -2.35. The van der Waals surface area contributed by atoms with E-state index >= 15 is 0 Å². The van der Waals surface area contributed by atoms with Gasteiger partial charge in [0.2, 0.25) is 5.95 Å². The Hall–Kier alpha value is -4.71. The van der Waals surface area contributed by atoms with Gasteiger partial charge in [-0.1, -0.05) is 6.07 Å². The molecule has 1 aliphatic heterocycles. The molecule has 0 unspecified atom stereocenters. The minimum absolute atomic E-state index is 0.274. The molecule has 4 heterocycles. The second-order valence-electron chi connectivity index (χ2n) is 9.01. The number of rotatable bonds is 5. The van der Waals surface area contributed by atoms with Crippen molar-refractivity contribution in [2.45, 2.75) is 6.92 Å². The number of carboxylic acid groups (broad SMARTS) is 1. The summed E-state index contributed by atoms with van der Waals surface area (Å²) in [4.78, 5) is 45.0. The van der Waals surface area contributed by atoms with Gasteiger partial charge >= 0.3 is 6.09 Å². The maximum Gasteiger partial charge on any atom is 0.407 e. The highest BCUT2D eigenvalue weighted by molar-refractivity contribution is 7.16. The normalized spacial score (nSPS) is 13.7. The average Bonchev–Trinajstić information content (AvgIpc) is 3.55. The van der Waals surface area contributed by atoms with Crippen molar-refractivity contribution in [3.8, 4) is 0 Å². The summed E-state index contributed by atoms with van der Waals surface area (Å²) in [7, 11) is 0. The highest BCUT2D eigenvalue weighted by atomic mass is 32.1. The van der Waals surface area contributed by atoms with Crippen LogP contribution in [-0.4, -0.2) is 68.1 Å². The van der Waals surface area contributed by atoms with Gasteiger partial charge in [0.05, 0.1) is 38.0 Å². The third kappa shape index (κ3) is 4.57. The Kier molecular flexibility index (Phi) is 6.00. The fraction of sp³-hybridized carbons (Fsp3) is 0.192. The second kappa shape index (κ2) is 9.63. The number of amides is 2. The molecule has 1 saturated heterocycles. The van der Waals surface area contributed by atoms with Gasteiger partial charge in [-0.25, -0.2) is 19.7 Å². The first-order valence-corrected chi connectivity index (χ1v) is 12.9. The van der Waals surface area contributed by atoms with Gasteiger partial charge in [0, 0.05) is 38.1 Å². The van der Waals surface area contributed by atoms with Crippen molar-refractivity contribution in [2.24, 2.45) is 0 Å².